The van der Waals surface area contributed by atoms with Crippen molar-refractivity contribution in [2.24, 2.45) is 23.2 Å². The first-order chi connectivity index (χ1) is 10.2. The molecule has 2 nitrogen and oxygen atoms in total. The summed E-state index contributed by atoms with van der Waals surface area (Å²) < 4.78 is 0. The Hall–Kier alpha value is -0.600. The third-order valence-corrected chi connectivity index (χ3v) is 6.11. The molecule has 0 bridgehead atoms. The van der Waals surface area contributed by atoms with E-state index in [2.05, 4.69) is 26.0 Å². The quantitative estimate of drug-likeness (QED) is 0.736. The fraction of sp³-hybridized carbons (Fsp3) is 0.800. The van der Waals surface area contributed by atoms with Crippen LogP contribution < -0.4 is 0 Å². The number of hydrogen-bond acceptors (Lipinski definition) is 2. The number of fused-ring (bicyclic) bond motifs is 1. The largest absolute Gasteiger partial charge is 0.393 e. The van der Waals surface area contributed by atoms with Crippen molar-refractivity contribution in [2.45, 2.75) is 77.9 Å². The zero-order chi connectivity index (χ0) is 16.4. The number of hydrogen-bond donors (Lipinski definition) is 2. The molecule has 0 spiro atoms. The molecule has 0 aromatic rings. The summed E-state index contributed by atoms with van der Waals surface area (Å²) in [5.41, 5.74) is -0.395. The van der Waals surface area contributed by atoms with Gasteiger partial charge < -0.3 is 10.2 Å². The van der Waals surface area contributed by atoms with Crippen LogP contribution >= 0.6 is 0 Å². The maximum atomic E-state index is 10.3. The van der Waals surface area contributed by atoms with Gasteiger partial charge in [-0.05, 0) is 69.1 Å². The number of rotatable bonds is 5. The van der Waals surface area contributed by atoms with Gasteiger partial charge in [-0.15, -0.1) is 0 Å². The summed E-state index contributed by atoms with van der Waals surface area (Å²) in [5.74, 6) is 1.91. The monoisotopic (exact) mass is 306 g/mol. The first kappa shape index (κ1) is 17.7. The van der Waals surface area contributed by atoms with Gasteiger partial charge in [0.1, 0.15) is 0 Å². The lowest BCUT2D eigenvalue weighted by molar-refractivity contribution is -0.0266. The van der Waals surface area contributed by atoms with Gasteiger partial charge in [-0.2, -0.15) is 0 Å². The number of aliphatic hydroxyl groups excluding tert-OH is 1. The second-order valence-electron chi connectivity index (χ2n) is 8.41. The average molecular weight is 306 g/mol. The van der Waals surface area contributed by atoms with Crippen LogP contribution in [0.1, 0.15) is 66.2 Å². The van der Waals surface area contributed by atoms with Crippen molar-refractivity contribution in [3.63, 3.8) is 0 Å². The van der Waals surface area contributed by atoms with Gasteiger partial charge in [0.05, 0.1) is 11.7 Å². The van der Waals surface area contributed by atoms with E-state index in [1.165, 1.54) is 25.7 Å². The van der Waals surface area contributed by atoms with Gasteiger partial charge in [-0.3, -0.25) is 0 Å². The predicted molar refractivity (Wildman–Crippen MR) is 92.5 cm³/mol. The highest BCUT2D eigenvalue weighted by atomic mass is 16.3. The number of aliphatic hydroxyl groups is 2. The van der Waals surface area contributed by atoms with Gasteiger partial charge in [0, 0.05) is 0 Å². The van der Waals surface area contributed by atoms with Crippen LogP contribution in [0.5, 0.6) is 0 Å². The molecule has 0 aromatic heterocycles. The molecule has 0 saturated heterocycles. The Morgan fingerprint density at radius 1 is 1.23 bits per heavy atom. The molecular weight excluding hydrogens is 272 g/mol. The molecule has 126 valence electrons. The summed E-state index contributed by atoms with van der Waals surface area (Å²) in [7, 11) is 0. The molecular formula is C20H34O2. The standard InChI is InChI=1S/C20H34O2/c1-15(9-6-5-7-13-19(2,3)22)16-11-12-17-18(21)10-8-14-20(16,17)4/h5-7,13,15-18,21-22H,8-12,14H2,1-4H3/b6-5+,13-7+/t15-,16-,17+,18+,20-/m1/s1. The van der Waals surface area contributed by atoms with Crippen LogP contribution in [0.15, 0.2) is 24.3 Å². The average Bonchev–Trinajstić information content (AvgIpc) is 2.75. The van der Waals surface area contributed by atoms with Crippen LogP contribution in [0, 0.1) is 23.2 Å². The van der Waals surface area contributed by atoms with Crippen molar-refractivity contribution in [1.29, 1.82) is 0 Å². The van der Waals surface area contributed by atoms with Crippen LogP contribution in [-0.4, -0.2) is 21.9 Å². The smallest absolute Gasteiger partial charge is 0.0774 e. The highest BCUT2D eigenvalue weighted by Crippen LogP contribution is 2.58. The van der Waals surface area contributed by atoms with Gasteiger partial charge in [-0.25, -0.2) is 0 Å². The summed E-state index contributed by atoms with van der Waals surface area (Å²) in [6, 6.07) is 0. The molecule has 0 radical (unpaired) electrons. The zero-order valence-corrected chi connectivity index (χ0v) is 14.8. The van der Waals surface area contributed by atoms with Gasteiger partial charge in [-0.1, -0.05) is 44.6 Å². The predicted octanol–water partition coefficient (Wildman–Crippen LogP) is 4.47. The Kier molecular flexibility index (Phi) is 5.55. The maximum Gasteiger partial charge on any atom is 0.0774 e. The highest BCUT2D eigenvalue weighted by Gasteiger charge is 2.51. The summed E-state index contributed by atoms with van der Waals surface area (Å²) >= 11 is 0. The Labute approximate surface area is 136 Å². The van der Waals surface area contributed by atoms with Crippen LogP contribution in [0.4, 0.5) is 0 Å². The molecule has 0 aromatic carbocycles. The van der Waals surface area contributed by atoms with Crippen molar-refractivity contribution >= 4 is 0 Å². The molecule has 2 heteroatoms. The summed E-state index contributed by atoms with van der Waals surface area (Å²) in [4.78, 5) is 0. The van der Waals surface area contributed by atoms with Crippen LogP contribution in [0.3, 0.4) is 0 Å². The lowest BCUT2D eigenvalue weighted by Gasteiger charge is -2.45. The molecule has 22 heavy (non-hydrogen) atoms. The minimum atomic E-state index is -0.736. The van der Waals surface area contributed by atoms with E-state index in [0.29, 0.717) is 17.3 Å². The van der Waals surface area contributed by atoms with Crippen molar-refractivity contribution in [3.05, 3.63) is 24.3 Å². The normalized spacial score (nSPS) is 37.8. The molecule has 0 unspecified atom stereocenters. The van der Waals surface area contributed by atoms with Crippen molar-refractivity contribution < 1.29 is 10.2 Å². The first-order valence-electron chi connectivity index (χ1n) is 8.99. The van der Waals surface area contributed by atoms with E-state index >= 15 is 0 Å². The lowest BCUT2D eigenvalue weighted by atomic mass is 9.61. The Bertz CT molecular complexity index is 418. The SMILES string of the molecule is C[C@H](C/C=C/C=C/C(C)(C)O)[C@H]1CC[C@H]2[C@@H](O)CCC[C@]12C. The molecule has 2 saturated carbocycles. The van der Waals surface area contributed by atoms with Gasteiger partial charge >= 0.3 is 0 Å². The minimum absolute atomic E-state index is 0.0683. The van der Waals surface area contributed by atoms with E-state index in [-0.39, 0.29) is 6.10 Å². The molecule has 2 N–H and O–H groups in total. The van der Waals surface area contributed by atoms with E-state index in [9.17, 15) is 10.2 Å². The first-order valence-corrected chi connectivity index (χ1v) is 8.99. The van der Waals surface area contributed by atoms with Crippen molar-refractivity contribution in [2.75, 3.05) is 0 Å². The third kappa shape index (κ3) is 4.02. The maximum absolute atomic E-state index is 10.3. The highest BCUT2D eigenvalue weighted by molar-refractivity contribution is 5.09. The molecule has 5 atom stereocenters. The van der Waals surface area contributed by atoms with Crippen LogP contribution in [0.2, 0.25) is 0 Å². The molecule has 2 aliphatic rings. The van der Waals surface area contributed by atoms with E-state index in [1.54, 1.807) is 13.8 Å². The molecule has 0 amide bonds. The molecule has 0 heterocycles. The molecule has 2 fully saturated rings. The molecule has 2 aliphatic carbocycles. The second kappa shape index (κ2) is 6.88. The second-order valence-corrected chi connectivity index (χ2v) is 8.41. The van der Waals surface area contributed by atoms with Crippen molar-refractivity contribution in [3.8, 4) is 0 Å². The van der Waals surface area contributed by atoms with Gasteiger partial charge in [0.2, 0.25) is 0 Å². The van der Waals surface area contributed by atoms with E-state index in [0.717, 1.165) is 18.8 Å². The van der Waals surface area contributed by atoms with E-state index < -0.39 is 5.60 Å². The van der Waals surface area contributed by atoms with Crippen LogP contribution in [-0.2, 0) is 0 Å². The lowest BCUT2D eigenvalue weighted by Crippen LogP contribution is -2.41. The molecule has 2 rings (SSSR count). The van der Waals surface area contributed by atoms with E-state index in [4.69, 9.17) is 0 Å². The minimum Gasteiger partial charge on any atom is -0.393 e. The zero-order valence-electron chi connectivity index (χ0n) is 14.8. The summed E-state index contributed by atoms with van der Waals surface area (Å²) in [5, 5.41) is 20.0. The Morgan fingerprint density at radius 2 is 1.95 bits per heavy atom. The van der Waals surface area contributed by atoms with Crippen molar-refractivity contribution in [1.82, 2.24) is 0 Å². The third-order valence-electron chi connectivity index (χ3n) is 6.11. The molecule has 0 aliphatic heterocycles. The Morgan fingerprint density at radius 3 is 2.64 bits per heavy atom. The van der Waals surface area contributed by atoms with Crippen LogP contribution in [0.25, 0.3) is 0 Å². The number of allylic oxidation sites excluding steroid dienone is 3. The van der Waals surface area contributed by atoms with Gasteiger partial charge in [0.25, 0.3) is 0 Å². The van der Waals surface area contributed by atoms with E-state index in [1.807, 2.05) is 12.2 Å². The summed E-state index contributed by atoms with van der Waals surface area (Å²) in [6.07, 6.45) is 15.0. The topological polar surface area (TPSA) is 40.5 Å². The van der Waals surface area contributed by atoms with Gasteiger partial charge in [0.15, 0.2) is 0 Å². The fourth-order valence-electron chi connectivity index (χ4n) is 4.95. The summed E-state index contributed by atoms with van der Waals surface area (Å²) in [6.45, 7) is 8.36. The fourth-order valence-corrected chi connectivity index (χ4v) is 4.95. The Balaban J connectivity index is 1.92.